The van der Waals surface area contributed by atoms with Gasteiger partial charge >= 0.3 is 12.4 Å². The topological polar surface area (TPSA) is 279 Å². The third-order valence-corrected chi connectivity index (χ3v) is 26.4. The maximum atomic E-state index is 15.8. The number of carbonyl (C=O) groups excluding carboxylic acids is 12. The first-order chi connectivity index (χ1) is 51.7. The van der Waals surface area contributed by atoms with E-state index < -0.39 is 202 Å². The molecule has 9 aliphatic rings. The highest BCUT2D eigenvalue weighted by Gasteiger charge is 2.59. The van der Waals surface area contributed by atoms with Crippen LogP contribution in [0.25, 0.3) is 0 Å². The van der Waals surface area contributed by atoms with Crippen molar-refractivity contribution in [2.24, 2.45) is 46.8 Å². The zero-order chi connectivity index (χ0) is 80.8. The van der Waals surface area contributed by atoms with Crippen LogP contribution in [0.2, 0.25) is 0 Å². The van der Waals surface area contributed by atoms with Gasteiger partial charge in [-0.3, -0.25) is 57.5 Å². The second-order valence-electron chi connectivity index (χ2n) is 34.5. The molecule has 620 valence electrons. The SMILES string of the molecule is CCCN1C(=O)[C@@H]2CCN2C(=O)[C@H]2N(CC2(C)C)C(=O)[C@H]([C@@H](C)CC)NC(=O)[C@H](CC(C)C)N(C)C(=O)C[C@@H](C(=O)N2CCOCC2)N(C)C(=O)[C@H](C2CCCC2)N(C)C(=O)C2(CCCC2)NC(=O)[C@@H]2CCCN2C(=O)[C@H](CCC2CCC(C(F)(F)F)C(Cl)C2)NC(=O)CN(C)C(=O)[C@@H]1CC1CCC(C(F)(F)F)CC1. The normalized spacial score (nSPS) is 32.3. The molecule has 3 unspecified atom stereocenters. The molecule has 0 aromatic heterocycles. The highest BCUT2D eigenvalue weighted by atomic mass is 35.5. The van der Waals surface area contributed by atoms with Crippen LogP contribution in [0.3, 0.4) is 0 Å². The Morgan fingerprint density at radius 3 is 1.84 bits per heavy atom. The van der Waals surface area contributed by atoms with Gasteiger partial charge in [0.2, 0.25) is 70.9 Å². The van der Waals surface area contributed by atoms with Gasteiger partial charge in [0.05, 0.1) is 38.0 Å². The van der Waals surface area contributed by atoms with Gasteiger partial charge in [0, 0.05) is 78.3 Å². The van der Waals surface area contributed by atoms with E-state index in [4.69, 9.17) is 16.3 Å². The number of rotatable bonds is 13. The van der Waals surface area contributed by atoms with E-state index in [0.717, 1.165) is 4.90 Å². The van der Waals surface area contributed by atoms with Crippen molar-refractivity contribution in [1.29, 1.82) is 0 Å². The third-order valence-electron chi connectivity index (χ3n) is 25.9. The summed E-state index contributed by atoms with van der Waals surface area (Å²) in [5.74, 6) is -13.6. The van der Waals surface area contributed by atoms with Gasteiger partial charge in [0.25, 0.3) is 0 Å². The molecule has 25 nitrogen and oxygen atoms in total. The molecule has 32 heteroatoms. The van der Waals surface area contributed by atoms with Crippen molar-refractivity contribution in [3.05, 3.63) is 0 Å². The summed E-state index contributed by atoms with van der Waals surface area (Å²) in [6.45, 7) is 12.6. The van der Waals surface area contributed by atoms with E-state index in [1.165, 1.54) is 67.4 Å². The molecule has 1 spiro atoms. The van der Waals surface area contributed by atoms with E-state index in [9.17, 15) is 31.1 Å². The summed E-state index contributed by atoms with van der Waals surface area (Å²) in [5.41, 5.74) is -2.50. The number of hydrogen-bond donors (Lipinski definition) is 3. The van der Waals surface area contributed by atoms with Gasteiger partial charge in [-0.1, -0.05) is 80.6 Å². The van der Waals surface area contributed by atoms with Gasteiger partial charge in [0.1, 0.15) is 59.9 Å². The van der Waals surface area contributed by atoms with Crippen molar-refractivity contribution in [1.82, 2.24) is 60.0 Å². The van der Waals surface area contributed by atoms with Crippen LogP contribution in [0.1, 0.15) is 209 Å². The van der Waals surface area contributed by atoms with E-state index in [1.807, 2.05) is 20.8 Å². The summed E-state index contributed by atoms with van der Waals surface area (Å²) >= 11 is 6.43. The van der Waals surface area contributed by atoms with Crippen molar-refractivity contribution in [2.75, 3.05) is 87.2 Å². The number of likely N-dealkylation sites (N-methyl/N-ethyl adjacent to an activating group) is 4. The molecule has 5 aliphatic heterocycles. The minimum Gasteiger partial charge on any atom is -0.378 e. The lowest BCUT2D eigenvalue weighted by Gasteiger charge is -2.57. The standard InChI is InChI=1S/C78H121ClF6N12O13/c1-12-33-94-59(42-49-22-26-51(27-23-49)77(80,81)82)68(103)89(8)44-60(98)86-54(29-25-48-24-28-52(53(79)41-48)78(83,84)85)67(102)95-34-18-21-55(95)66(101)88-76(31-16-17-32-76)74(109)92(11)63(50-19-14-15-20-50)72(107)91(10)58(69(104)93-36-38-110-39-37-93)43-61(99)90(9)57(40-46(3)4)65(100)87-62(47(5)13-2)71(106)97-45-75(6,7)64(97)73(108)96-35-30-56(96)70(94)105/h46-59,62-64H,12-45H2,1-11H3,(H,86,98)(H,87,100)(H,88,101)/t47-,48?,49?,51?,52?,53?,54-,55-,56-,57-,58-,59-,62-,63-,64+/m0/s1. The van der Waals surface area contributed by atoms with Crippen LogP contribution < -0.4 is 16.0 Å². The molecule has 13 atom stereocenters. The quantitative estimate of drug-likeness (QED) is 0.120. The molecule has 9 rings (SSSR count). The fraction of sp³-hybridized carbons (Fsp3) is 0.846. The Morgan fingerprint density at radius 2 is 1.26 bits per heavy atom. The Bertz CT molecular complexity index is 3320. The van der Waals surface area contributed by atoms with Crippen molar-refractivity contribution in [2.45, 2.75) is 287 Å². The number of ether oxygens (including phenoxy) is 1. The van der Waals surface area contributed by atoms with E-state index in [-0.39, 0.29) is 161 Å². The van der Waals surface area contributed by atoms with Gasteiger partial charge < -0.3 is 64.8 Å². The fourth-order valence-electron chi connectivity index (χ4n) is 19.0. The Balaban J connectivity index is 1.10. The molecule has 0 bridgehead atoms. The second kappa shape index (κ2) is 36.7. The van der Waals surface area contributed by atoms with E-state index >= 15 is 52.7 Å². The van der Waals surface area contributed by atoms with Gasteiger partial charge in [-0.15, -0.1) is 11.6 Å². The summed E-state index contributed by atoms with van der Waals surface area (Å²) < 4.78 is 90.5. The fourth-order valence-corrected chi connectivity index (χ4v) is 19.6. The largest absolute Gasteiger partial charge is 0.393 e. The first-order valence-corrected chi connectivity index (χ1v) is 41.0. The van der Waals surface area contributed by atoms with Crippen molar-refractivity contribution < 1.29 is 88.6 Å². The second-order valence-corrected chi connectivity index (χ2v) is 35.0. The smallest absolute Gasteiger partial charge is 0.378 e. The minimum atomic E-state index is -4.56. The number of morpholine rings is 1. The highest BCUT2D eigenvalue weighted by molar-refractivity contribution is 6.21. The van der Waals surface area contributed by atoms with Crippen LogP contribution in [0, 0.1) is 46.8 Å². The summed E-state index contributed by atoms with van der Waals surface area (Å²) in [6.07, 6.45) is -5.38. The molecule has 5 saturated heterocycles. The number of fused-ring (bicyclic) bond motifs is 3. The molecule has 12 amide bonds. The molecule has 0 aromatic rings. The molecule has 110 heavy (non-hydrogen) atoms. The number of carbonyl (C=O) groups is 12. The summed E-state index contributed by atoms with van der Waals surface area (Å²) in [6, 6.07) is -11.6. The Morgan fingerprint density at radius 1 is 0.627 bits per heavy atom. The lowest BCUT2D eigenvalue weighted by atomic mass is 9.72. The average Bonchev–Trinajstić information content (AvgIpc) is 0.870. The zero-order valence-electron chi connectivity index (χ0n) is 66.3. The number of amides is 12. The predicted octanol–water partition coefficient (Wildman–Crippen LogP) is 7.43. The summed E-state index contributed by atoms with van der Waals surface area (Å²) in [7, 11) is 5.64. The molecular formula is C78H121ClF6N12O13. The molecule has 3 N–H and O–H groups in total. The average molecular weight is 1580 g/mol. The first kappa shape index (κ1) is 87.4. The van der Waals surface area contributed by atoms with Crippen LogP contribution >= 0.6 is 11.6 Å². The number of nitrogens with zero attached hydrogens (tertiary/aromatic N) is 9. The number of halogens is 7. The maximum absolute atomic E-state index is 15.8. The van der Waals surface area contributed by atoms with Crippen LogP contribution in [0.4, 0.5) is 26.3 Å². The number of hydrogen-bond acceptors (Lipinski definition) is 13. The lowest BCUT2D eigenvalue weighted by molar-refractivity contribution is -0.184. The molecule has 0 aromatic carbocycles. The zero-order valence-corrected chi connectivity index (χ0v) is 67.1. The van der Waals surface area contributed by atoms with E-state index in [2.05, 4.69) is 16.0 Å². The third kappa shape index (κ3) is 19.8. The number of nitrogens with one attached hydrogen (secondary N) is 3. The molecular weight excluding hydrogens is 1460 g/mol. The summed E-state index contributed by atoms with van der Waals surface area (Å²) in [5, 5.41) is 7.57. The molecule has 5 heterocycles. The Hall–Kier alpha value is -6.53. The lowest BCUT2D eigenvalue weighted by Crippen LogP contribution is -2.74. The Labute approximate surface area is 649 Å². The van der Waals surface area contributed by atoms with Crippen molar-refractivity contribution in [3.63, 3.8) is 0 Å². The van der Waals surface area contributed by atoms with Gasteiger partial charge in [-0.25, -0.2) is 0 Å². The van der Waals surface area contributed by atoms with Crippen molar-refractivity contribution in [3.8, 4) is 0 Å². The maximum Gasteiger partial charge on any atom is 0.393 e. The van der Waals surface area contributed by atoms with Crippen LogP contribution in [-0.2, 0) is 62.3 Å². The Kier molecular flexibility index (Phi) is 29.2. The van der Waals surface area contributed by atoms with Crippen LogP contribution in [0.5, 0.6) is 0 Å². The van der Waals surface area contributed by atoms with Gasteiger partial charge in [-0.2, -0.15) is 26.3 Å². The highest BCUT2D eigenvalue weighted by Crippen LogP contribution is 2.46. The summed E-state index contributed by atoms with van der Waals surface area (Å²) in [4.78, 5) is 196. The molecule has 4 aliphatic carbocycles. The van der Waals surface area contributed by atoms with Crippen molar-refractivity contribution >= 4 is 82.5 Å². The van der Waals surface area contributed by atoms with Crippen LogP contribution in [-0.4, -0.2) is 280 Å². The van der Waals surface area contributed by atoms with E-state index in [0.29, 0.717) is 51.4 Å². The van der Waals surface area contributed by atoms with Gasteiger partial charge in [0.15, 0.2) is 0 Å². The van der Waals surface area contributed by atoms with Crippen LogP contribution in [0.15, 0.2) is 0 Å². The molecule has 0 radical (unpaired) electrons. The molecule has 4 saturated carbocycles. The predicted molar refractivity (Wildman–Crippen MR) is 395 cm³/mol. The monoisotopic (exact) mass is 1580 g/mol. The first-order valence-electron chi connectivity index (χ1n) is 40.6. The van der Waals surface area contributed by atoms with E-state index in [1.54, 1.807) is 27.7 Å². The minimum absolute atomic E-state index is 0.00709. The molecule has 9 fully saturated rings. The number of alkyl halides is 7. The van der Waals surface area contributed by atoms with Gasteiger partial charge in [-0.05, 0) is 152 Å².